The third-order valence-electron chi connectivity index (χ3n) is 13.8. The third-order valence-corrected chi connectivity index (χ3v) is 14.2. The summed E-state index contributed by atoms with van der Waals surface area (Å²) < 4.78 is 48.0. The van der Waals surface area contributed by atoms with E-state index in [4.69, 9.17) is 17.0 Å². The summed E-state index contributed by atoms with van der Waals surface area (Å²) in [5.74, 6) is 2.65. The molecule has 0 radical (unpaired) electrons. The van der Waals surface area contributed by atoms with Crippen LogP contribution in [0.4, 0.5) is 35.9 Å². The summed E-state index contributed by atoms with van der Waals surface area (Å²) >= 11 is 5.79. The Kier molecular flexibility index (Phi) is 10.8. The molecule has 0 bridgehead atoms. The summed E-state index contributed by atoms with van der Waals surface area (Å²) in [5.41, 5.74) is 0.118. The highest BCUT2D eigenvalue weighted by Gasteiger charge is 2.57. The summed E-state index contributed by atoms with van der Waals surface area (Å²) in [5, 5.41) is 17.9. The van der Waals surface area contributed by atoms with Crippen molar-refractivity contribution < 1.29 is 37.1 Å². The lowest BCUT2D eigenvalue weighted by molar-refractivity contribution is -0.138. The number of amides is 4. The number of carbonyl (C=O) groups excluding carboxylic acids is 4. The normalized spacial score (nSPS) is 26.7. The van der Waals surface area contributed by atoms with Crippen LogP contribution in [0.1, 0.15) is 81.4 Å². The van der Waals surface area contributed by atoms with E-state index in [-0.39, 0.29) is 40.9 Å². The molecule has 3 aliphatic heterocycles. The van der Waals surface area contributed by atoms with Gasteiger partial charge >= 0.3 is 6.18 Å². The second-order valence-electron chi connectivity index (χ2n) is 18.2. The number of hydrogen-bond acceptors (Lipinski definition) is 9. The average molecular weight is 868 g/mol. The molecule has 324 valence electrons. The quantitative estimate of drug-likeness (QED) is 0.126. The molecule has 4 amide bonds. The Bertz CT molecular complexity index is 2400. The molecule has 3 saturated carbocycles. The SMILES string of the molecule is CC1(C)C(=O)N(c2ccc(C#N)c(C(F)(F)F)c2)C(=S)N1c1ccc(OCCN2CC3CC4C3C(C[C@H]4CC(=O)Nc3cccc(NC4CCC(=O)NC4=O)c3)C2)c(C2CC2)c1. The predicted molar refractivity (Wildman–Crippen MR) is 229 cm³/mol. The zero-order valence-corrected chi connectivity index (χ0v) is 35.3. The van der Waals surface area contributed by atoms with Crippen LogP contribution in [0, 0.1) is 40.9 Å². The fourth-order valence-electron chi connectivity index (χ4n) is 10.8. The summed E-state index contributed by atoms with van der Waals surface area (Å²) in [4.78, 5) is 56.2. The number of nitriles is 1. The molecule has 62 heavy (non-hydrogen) atoms. The van der Waals surface area contributed by atoms with E-state index < -0.39 is 34.8 Å². The first-order chi connectivity index (χ1) is 29.6. The van der Waals surface area contributed by atoms with Crippen LogP contribution in [0.3, 0.4) is 0 Å². The average Bonchev–Trinajstić information content (AvgIpc) is 3.98. The highest BCUT2D eigenvalue weighted by atomic mass is 32.1. The molecule has 3 N–H and O–H groups in total. The number of halogens is 3. The number of anilines is 4. The molecule has 12 nitrogen and oxygen atoms in total. The van der Waals surface area contributed by atoms with Crippen LogP contribution in [-0.4, -0.2) is 71.5 Å². The minimum absolute atomic E-state index is 0.0112. The molecule has 9 rings (SSSR count). The predicted octanol–water partition coefficient (Wildman–Crippen LogP) is 7.20. The molecule has 3 aromatic carbocycles. The summed E-state index contributed by atoms with van der Waals surface area (Å²) in [6.07, 6.45) is 0.514. The Balaban J connectivity index is 0.798. The van der Waals surface area contributed by atoms with Crippen LogP contribution in [0.5, 0.6) is 5.75 Å². The number of benzene rings is 3. The molecule has 3 aromatic rings. The maximum atomic E-state index is 13.9. The standard InChI is InChI=1S/C46H48F3N7O5S/c1-45(2)43(60)55(32-9-8-26(22-50)36(21-32)46(47,48)49)44(62)56(45)33-10-12-38(34(20-33)25-6-7-25)61-15-14-54-23-28-16-27(35-17-29(24-54)41(28)35)18-40(58)52-31-5-3-4-30(19-31)51-37-11-13-39(57)53-42(37)59/h3-5,8-10,12,19-21,25,27-29,35,37,41,51H,6-7,11,13-18,23-24H2,1-2H3,(H,52,58)(H,53,57,59)/t27-,28?,29?,35?,37?,41?/m0/s1. The van der Waals surface area contributed by atoms with Gasteiger partial charge in [-0.3, -0.25) is 34.3 Å². The summed E-state index contributed by atoms with van der Waals surface area (Å²) in [7, 11) is 0. The van der Waals surface area contributed by atoms with Gasteiger partial charge in [-0.05, 0) is 154 Å². The van der Waals surface area contributed by atoms with Crippen molar-refractivity contribution in [3.8, 4) is 11.8 Å². The second-order valence-corrected chi connectivity index (χ2v) is 18.6. The molecule has 6 aliphatic rings. The zero-order valence-electron chi connectivity index (χ0n) is 34.5. The molecular formula is C46H48F3N7O5S. The van der Waals surface area contributed by atoms with Gasteiger partial charge < -0.3 is 20.3 Å². The molecule has 6 atom stereocenters. The number of hydrogen-bond donors (Lipinski definition) is 3. The Morgan fingerprint density at radius 1 is 0.984 bits per heavy atom. The topological polar surface area (TPSA) is 147 Å². The summed E-state index contributed by atoms with van der Waals surface area (Å²) in [6, 6.07) is 17.3. The maximum Gasteiger partial charge on any atom is 0.417 e. The van der Waals surface area contributed by atoms with Crippen LogP contribution in [-0.2, 0) is 25.4 Å². The lowest BCUT2D eigenvalue weighted by Gasteiger charge is -2.51. The van der Waals surface area contributed by atoms with Gasteiger partial charge in [0.25, 0.3) is 5.91 Å². The van der Waals surface area contributed by atoms with Gasteiger partial charge in [0.1, 0.15) is 23.9 Å². The number of carbonyl (C=O) groups is 4. The van der Waals surface area contributed by atoms with Crippen molar-refractivity contribution in [3.05, 3.63) is 77.4 Å². The number of likely N-dealkylation sites (tertiary alicyclic amines) is 1. The van der Waals surface area contributed by atoms with Gasteiger partial charge in [0, 0.05) is 49.5 Å². The minimum atomic E-state index is -4.79. The number of nitrogens with one attached hydrogen (secondary N) is 3. The molecule has 0 spiro atoms. The first kappa shape index (κ1) is 41.8. The van der Waals surface area contributed by atoms with Crippen LogP contribution in [0.15, 0.2) is 60.7 Å². The number of thiocarbonyl (C=S) groups is 1. The lowest BCUT2D eigenvalue weighted by Crippen LogP contribution is -2.53. The first-order valence-electron chi connectivity index (χ1n) is 21.4. The molecular weight excluding hydrogens is 820 g/mol. The van der Waals surface area contributed by atoms with Crippen LogP contribution in [0.25, 0.3) is 0 Å². The number of alkyl halides is 3. The van der Waals surface area contributed by atoms with Crippen LogP contribution in [0.2, 0.25) is 0 Å². The van der Waals surface area contributed by atoms with E-state index >= 15 is 0 Å². The van der Waals surface area contributed by atoms with Crippen molar-refractivity contribution in [1.82, 2.24) is 10.2 Å². The van der Waals surface area contributed by atoms with Gasteiger partial charge in [0.05, 0.1) is 22.9 Å². The lowest BCUT2D eigenvalue weighted by atomic mass is 9.60. The van der Waals surface area contributed by atoms with Crippen LogP contribution >= 0.6 is 12.2 Å². The third kappa shape index (κ3) is 7.89. The highest BCUT2D eigenvalue weighted by Crippen LogP contribution is 2.60. The van der Waals surface area contributed by atoms with E-state index in [0.29, 0.717) is 66.1 Å². The Labute approximate surface area is 363 Å². The molecule has 6 fully saturated rings. The van der Waals surface area contributed by atoms with Crippen molar-refractivity contribution >= 4 is 63.7 Å². The van der Waals surface area contributed by atoms with Gasteiger partial charge in [-0.2, -0.15) is 18.4 Å². The smallest absolute Gasteiger partial charge is 0.417 e. The molecule has 3 heterocycles. The number of rotatable bonds is 12. The van der Waals surface area contributed by atoms with E-state index in [1.165, 1.54) is 6.07 Å². The van der Waals surface area contributed by atoms with Crippen molar-refractivity contribution in [2.75, 3.05) is 46.7 Å². The zero-order chi connectivity index (χ0) is 43.7. The number of imide groups is 1. The van der Waals surface area contributed by atoms with Crippen LogP contribution < -0.4 is 30.5 Å². The van der Waals surface area contributed by atoms with Gasteiger partial charge in [0.15, 0.2) is 5.11 Å². The number of ether oxygens (including phenoxy) is 1. The van der Waals surface area contributed by atoms with Crippen molar-refractivity contribution in [2.45, 2.75) is 82.5 Å². The molecule has 3 saturated heterocycles. The van der Waals surface area contributed by atoms with E-state index in [1.54, 1.807) is 24.8 Å². The van der Waals surface area contributed by atoms with E-state index in [0.717, 1.165) is 73.7 Å². The maximum absolute atomic E-state index is 13.9. The van der Waals surface area contributed by atoms with Gasteiger partial charge in [0.2, 0.25) is 17.7 Å². The van der Waals surface area contributed by atoms with E-state index in [2.05, 4.69) is 20.9 Å². The Hall–Kier alpha value is -5.53. The minimum Gasteiger partial charge on any atom is -0.492 e. The first-order valence-corrected chi connectivity index (χ1v) is 21.8. The van der Waals surface area contributed by atoms with E-state index in [9.17, 15) is 37.6 Å². The second kappa shape index (κ2) is 16.0. The fraction of sp³-hybridized carbons (Fsp3) is 0.478. The molecule has 0 aromatic heterocycles. The fourth-order valence-corrected chi connectivity index (χ4v) is 11.3. The largest absolute Gasteiger partial charge is 0.492 e. The van der Waals surface area contributed by atoms with Crippen molar-refractivity contribution in [1.29, 1.82) is 5.26 Å². The number of piperidine rings is 2. The van der Waals surface area contributed by atoms with Gasteiger partial charge in [-0.1, -0.05) is 6.07 Å². The van der Waals surface area contributed by atoms with E-state index in [1.807, 2.05) is 42.5 Å². The summed E-state index contributed by atoms with van der Waals surface area (Å²) in [6.45, 7) is 6.63. The number of nitrogens with zero attached hydrogens (tertiary/aromatic N) is 4. The molecule has 5 unspecified atom stereocenters. The van der Waals surface area contributed by atoms with Crippen molar-refractivity contribution in [3.63, 3.8) is 0 Å². The van der Waals surface area contributed by atoms with Gasteiger partial charge in [-0.25, -0.2) is 0 Å². The molecule has 16 heteroatoms. The monoisotopic (exact) mass is 867 g/mol. The Morgan fingerprint density at radius 2 is 1.73 bits per heavy atom. The van der Waals surface area contributed by atoms with Gasteiger partial charge in [-0.15, -0.1) is 0 Å². The van der Waals surface area contributed by atoms with Crippen molar-refractivity contribution in [2.24, 2.45) is 29.6 Å². The highest BCUT2D eigenvalue weighted by molar-refractivity contribution is 7.81. The molecule has 3 aliphatic carbocycles. The Morgan fingerprint density at radius 3 is 2.45 bits per heavy atom.